The predicted octanol–water partition coefficient (Wildman–Crippen LogP) is 2.94. The Morgan fingerprint density at radius 3 is 2.71 bits per heavy atom. The standard InChI is InChI=1S/C18H18F2N4O3S/c1-3-6-28(25,26)11-12-4-5-15(19)18(17(12)20)24-10-16(22-23-24)13-7-14(27-2)9-21-8-13/h4-5,7-10H,3,6,11H2,1-2H3. The van der Waals surface area contributed by atoms with Crippen molar-refractivity contribution in [1.82, 2.24) is 20.0 Å². The Morgan fingerprint density at radius 1 is 1.21 bits per heavy atom. The van der Waals surface area contributed by atoms with Crippen molar-refractivity contribution in [3.63, 3.8) is 0 Å². The zero-order chi connectivity index (χ0) is 20.3. The van der Waals surface area contributed by atoms with Crippen molar-refractivity contribution in [2.24, 2.45) is 0 Å². The highest BCUT2D eigenvalue weighted by Gasteiger charge is 2.21. The molecule has 0 aliphatic carbocycles. The van der Waals surface area contributed by atoms with Crippen LogP contribution in [-0.4, -0.2) is 41.3 Å². The van der Waals surface area contributed by atoms with Gasteiger partial charge in [0.1, 0.15) is 17.1 Å². The van der Waals surface area contributed by atoms with Gasteiger partial charge in [-0.1, -0.05) is 18.2 Å². The number of pyridine rings is 1. The summed E-state index contributed by atoms with van der Waals surface area (Å²) < 4.78 is 59.3. The van der Waals surface area contributed by atoms with Gasteiger partial charge in [-0.05, 0) is 18.6 Å². The molecular formula is C18H18F2N4O3S. The molecule has 0 atom stereocenters. The van der Waals surface area contributed by atoms with E-state index < -0.39 is 32.9 Å². The Hall–Kier alpha value is -2.88. The van der Waals surface area contributed by atoms with Crippen LogP contribution in [0.3, 0.4) is 0 Å². The van der Waals surface area contributed by atoms with Crippen molar-refractivity contribution >= 4 is 9.84 Å². The maximum Gasteiger partial charge on any atom is 0.156 e. The van der Waals surface area contributed by atoms with E-state index in [0.717, 1.165) is 16.8 Å². The molecule has 0 bridgehead atoms. The maximum atomic E-state index is 14.9. The summed E-state index contributed by atoms with van der Waals surface area (Å²) in [5.74, 6) is -1.96. The Kier molecular flexibility index (Phi) is 5.68. The molecule has 148 valence electrons. The summed E-state index contributed by atoms with van der Waals surface area (Å²) in [6.45, 7) is 1.72. The van der Waals surface area contributed by atoms with Gasteiger partial charge in [0.15, 0.2) is 21.5 Å². The van der Waals surface area contributed by atoms with Crippen LogP contribution in [0, 0.1) is 11.6 Å². The van der Waals surface area contributed by atoms with Gasteiger partial charge in [-0.25, -0.2) is 21.9 Å². The van der Waals surface area contributed by atoms with Crippen molar-refractivity contribution in [3.8, 4) is 22.7 Å². The molecule has 2 aromatic heterocycles. The van der Waals surface area contributed by atoms with Gasteiger partial charge < -0.3 is 4.74 Å². The molecule has 0 saturated heterocycles. The quantitative estimate of drug-likeness (QED) is 0.597. The van der Waals surface area contributed by atoms with E-state index in [9.17, 15) is 17.2 Å². The molecule has 0 fully saturated rings. The van der Waals surface area contributed by atoms with Gasteiger partial charge in [-0.15, -0.1) is 5.10 Å². The van der Waals surface area contributed by atoms with Crippen LogP contribution in [0.25, 0.3) is 16.9 Å². The fourth-order valence-electron chi connectivity index (χ4n) is 2.70. The topological polar surface area (TPSA) is 87.0 Å². The lowest BCUT2D eigenvalue weighted by atomic mass is 10.2. The zero-order valence-electron chi connectivity index (χ0n) is 15.3. The Labute approximate surface area is 160 Å². The summed E-state index contributed by atoms with van der Waals surface area (Å²) in [6, 6.07) is 3.80. The first-order chi connectivity index (χ1) is 13.3. The van der Waals surface area contributed by atoms with Gasteiger partial charge in [0.2, 0.25) is 0 Å². The second-order valence-electron chi connectivity index (χ2n) is 6.12. The normalized spacial score (nSPS) is 11.6. The van der Waals surface area contributed by atoms with Crippen LogP contribution in [0.15, 0.2) is 36.8 Å². The molecule has 0 saturated carbocycles. The first kappa shape index (κ1) is 19.9. The van der Waals surface area contributed by atoms with Crippen LogP contribution < -0.4 is 4.74 Å². The third-order valence-corrected chi connectivity index (χ3v) is 5.79. The van der Waals surface area contributed by atoms with E-state index in [1.807, 2.05) is 0 Å². The van der Waals surface area contributed by atoms with Crippen molar-refractivity contribution in [1.29, 1.82) is 0 Å². The number of halogens is 2. The number of ether oxygens (including phenoxy) is 1. The number of hydrogen-bond donors (Lipinski definition) is 0. The minimum absolute atomic E-state index is 0.0739. The Bertz CT molecular complexity index is 1100. The van der Waals surface area contributed by atoms with Crippen molar-refractivity contribution in [2.75, 3.05) is 12.9 Å². The third-order valence-electron chi connectivity index (χ3n) is 4.00. The van der Waals surface area contributed by atoms with Gasteiger partial charge in [0.05, 0.1) is 31.0 Å². The molecule has 1 aromatic carbocycles. The lowest BCUT2D eigenvalue weighted by Gasteiger charge is -2.09. The lowest BCUT2D eigenvalue weighted by molar-refractivity contribution is 0.413. The molecule has 10 heteroatoms. The SMILES string of the molecule is CCCS(=O)(=O)Cc1ccc(F)c(-n2cc(-c3cncc(OC)c3)nn2)c1F. The fourth-order valence-corrected chi connectivity index (χ4v) is 4.16. The monoisotopic (exact) mass is 408 g/mol. The smallest absolute Gasteiger partial charge is 0.156 e. The summed E-state index contributed by atoms with van der Waals surface area (Å²) in [5, 5.41) is 7.70. The van der Waals surface area contributed by atoms with Crippen LogP contribution in [0.4, 0.5) is 8.78 Å². The molecule has 0 amide bonds. The van der Waals surface area contributed by atoms with Gasteiger partial charge in [-0.3, -0.25) is 4.98 Å². The number of benzene rings is 1. The summed E-state index contributed by atoms with van der Waals surface area (Å²) in [6.07, 6.45) is 4.77. The lowest BCUT2D eigenvalue weighted by Crippen LogP contribution is -2.12. The number of hydrogen-bond acceptors (Lipinski definition) is 6. The number of sulfone groups is 1. The average Bonchev–Trinajstić information content (AvgIpc) is 3.14. The van der Waals surface area contributed by atoms with Gasteiger partial charge in [-0.2, -0.15) is 0 Å². The molecule has 0 radical (unpaired) electrons. The molecule has 0 aliphatic rings. The summed E-state index contributed by atoms with van der Waals surface area (Å²) >= 11 is 0. The van der Waals surface area contributed by atoms with E-state index in [0.29, 0.717) is 23.4 Å². The van der Waals surface area contributed by atoms with Crippen LogP contribution in [0.5, 0.6) is 5.75 Å². The molecule has 0 N–H and O–H groups in total. The highest BCUT2D eigenvalue weighted by atomic mass is 32.2. The molecular weight excluding hydrogens is 390 g/mol. The van der Waals surface area contributed by atoms with Gasteiger partial charge in [0, 0.05) is 17.3 Å². The first-order valence-electron chi connectivity index (χ1n) is 8.44. The third kappa shape index (κ3) is 4.16. The molecule has 3 rings (SSSR count). The number of rotatable bonds is 7. The molecule has 28 heavy (non-hydrogen) atoms. The molecule has 3 aromatic rings. The van der Waals surface area contributed by atoms with E-state index in [2.05, 4.69) is 15.3 Å². The summed E-state index contributed by atoms with van der Waals surface area (Å²) in [5.41, 5.74) is 0.269. The van der Waals surface area contributed by atoms with E-state index >= 15 is 0 Å². The van der Waals surface area contributed by atoms with Gasteiger partial charge >= 0.3 is 0 Å². The van der Waals surface area contributed by atoms with E-state index in [-0.39, 0.29) is 11.3 Å². The minimum atomic E-state index is -3.49. The van der Waals surface area contributed by atoms with Crippen LogP contribution in [0.2, 0.25) is 0 Å². The highest BCUT2D eigenvalue weighted by molar-refractivity contribution is 7.90. The molecule has 0 spiro atoms. The zero-order valence-corrected chi connectivity index (χ0v) is 16.1. The summed E-state index contributed by atoms with van der Waals surface area (Å²) in [4.78, 5) is 4.00. The van der Waals surface area contributed by atoms with Crippen molar-refractivity contribution < 1.29 is 21.9 Å². The predicted molar refractivity (Wildman–Crippen MR) is 98.8 cm³/mol. The molecule has 2 heterocycles. The Morgan fingerprint density at radius 2 is 2.00 bits per heavy atom. The van der Waals surface area contributed by atoms with E-state index in [1.54, 1.807) is 13.0 Å². The second kappa shape index (κ2) is 8.01. The molecule has 0 unspecified atom stereocenters. The molecule has 7 nitrogen and oxygen atoms in total. The second-order valence-corrected chi connectivity index (χ2v) is 8.31. The number of aromatic nitrogens is 4. The van der Waals surface area contributed by atoms with Crippen LogP contribution >= 0.6 is 0 Å². The average molecular weight is 408 g/mol. The first-order valence-corrected chi connectivity index (χ1v) is 10.3. The van der Waals surface area contributed by atoms with Crippen molar-refractivity contribution in [3.05, 3.63) is 54.0 Å². The van der Waals surface area contributed by atoms with E-state index in [1.165, 1.54) is 25.7 Å². The van der Waals surface area contributed by atoms with Crippen LogP contribution in [0.1, 0.15) is 18.9 Å². The molecule has 0 aliphatic heterocycles. The summed E-state index contributed by atoms with van der Waals surface area (Å²) in [7, 11) is -2.01. The van der Waals surface area contributed by atoms with Gasteiger partial charge in [0.25, 0.3) is 0 Å². The number of nitrogens with zero attached hydrogens (tertiary/aromatic N) is 4. The maximum absolute atomic E-state index is 14.9. The van der Waals surface area contributed by atoms with Crippen LogP contribution in [-0.2, 0) is 15.6 Å². The number of methoxy groups -OCH3 is 1. The minimum Gasteiger partial charge on any atom is -0.495 e. The fraction of sp³-hybridized carbons (Fsp3) is 0.278. The van der Waals surface area contributed by atoms with Crippen molar-refractivity contribution in [2.45, 2.75) is 19.1 Å². The highest BCUT2D eigenvalue weighted by Crippen LogP contribution is 2.25. The Balaban J connectivity index is 2.00. The van der Waals surface area contributed by atoms with E-state index in [4.69, 9.17) is 4.74 Å². The largest absolute Gasteiger partial charge is 0.495 e.